The minimum atomic E-state index is 0.0715. The topological polar surface area (TPSA) is 55.1 Å². The number of benzene rings is 2. The van der Waals surface area contributed by atoms with Gasteiger partial charge in [0, 0.05) is 38.1 Å². The van der Waals surface area contributed by atoms with E-state index in [2.05, 4.69) is 9.80 Å². The van der Waals surface area contributed by atoms with Crippen LogP contribution in [0.3, 0.4) is 0 Å². The predicted molar refractivity (Wildman–Crippen MR) is 119 cm³/mol. The molecule has 0 spiro atoms. The molecule has 158 valence electrons. The Morgan fingerprint density at radius 2 is 1.77 bits per heavy atom. The first kappa shape index (κ1) is 19.4. The first-order chi connectivity index (χ1) is 14.7. The van der Waals surface area contributed by atoms with Crippen LogP contribution in [0, 0.1) is 0 Å². The standard InChI is InChI=1S/C24H28N2O4/c1-28-18-7-5-17-6-8-21-22(19(17)15-18)23(27)20(16-25-11-13-29-14-12-25)24(30-21)26-9-3-2-4-10-26/h5-8,15H,2-4,9-14,16H2,1H3. The Hall–Kier alpha value is -2.57. The fourth-order valence-corrected chi connectivity index (χ4v) is 4.61. The Bertz CT molecular complexity index is 1110. The third-order valence-corrected chi connectivity index (χ3v) is 6.29. The van der Waals surface area contributed by atoms with Crippen molar-refractivity contribution in [1.82, 2.24) is 4.90 Å². The van der Waals surface area contributed by atoms with Gasteiger partial charge in [-0.25, -0.2) is 0 Å². The summed E-state index contributed by atoms with van der Waals surface area (Å²) in [6, 6.07) is 9.80. The lowest BCUT2D eigenvalue weighted by atomic mass is 10.0. The minimum absolute atomic E-state index is 0.0715. The van der Waals surface area contributed by atoms with E-state index in [1.165, 1.54) is 6.42 Å². The second-order valence-corrected chi connectivity index (χ2v) is 8.18. The number of rotatable bonds is 4. The van der Waals surface area contributed by atoms with Gasteiger partial charge in [-0.05, 0) is 42.8 Å². The number of nitrogens with zero attached hydrogens (tertiary/aromatic N) is 2. The highest BCUT2D eigenvalue weighted by molar-refractivity contribution is 6.06. The number of fused-ring (bicyclic) bond motifs is 3. The number of morpholine rings is 1. The molecule has 2 aliphatic rings. The average molecular weight is 408 g/mol. The lowest BCUT2D eigenvalue weighted by molar-refractivity contribution is 0.0339. The van der Waals surface area contributed by atoms with E-state index in [-0.39, 0.29) is 5.43 Å². The largest absolute Gasteiger partial charge is 0.497 e. The lowest BCUT2D eigenvalue weighted by Gasteiger charge is -2.31. The molecule has 2 aromatic carbocycles. The molecular formula is C24H28N2O4. The Morgan fingerprint density at radius 1 is 1.00 bits per heavy atom. The van der Waals surface area contributed by atoms with Gasteiger partial charge in [0.05, 0.1) is 31.3 Å². The Morgan fingerprint density at radius 3 is 2.53 bits per heavy atom. The monoisotopic (exact) mass is 408 g/mol. The van der Waals surface area contributed by atoms with E-state index in [4.69, 9.17) is 13.9 Å². The molecule has 0 N–H and O–H groups in total. The molecule has 6 heteroatoms. The van der Waals surface area contributed by atoms with Crippen molar-refractivity contribution >= 4 is 27.6 Å². The molecule has 0 unspecified atom stereocenters. The van der Waals surface area contributed by atoms with Crippen molar-refractivity contribution in [2.45, 2.75) is 25.8 Å². The van der Waals surface area contributed by atoms with Crippen LogP contribution in [-0.2, 0) is 11.3 Å². The number of piperidine rings is 1. The highest BCUT2D eigenvalue weighted by Gasteiger charge is 2.25. The maximum atomic E-state index is 13.9. The third-order valence-electron chi connectivity index (χ3n) is 6.29. The molecule has 0 bridgehead atoms. The quantitative estimate of drug-likeness (QED) is 0.613. The summed E-state index contributed by atoms with van der Waals surface area (Å²) in [6.45, 7) is 5.54. The molecule has 2 saturated heterocycles. The van der Waals surface area contributed by atoms with Crippen molar-refractivity contribution in [3.05, 3.63) is 46.1 Å². The first-order valence-electron chi connectivity index (χ1n) is 10.9. The summed E-state index contributed by atoms with van der Waals surface area (Å²) >= 11 is 0. The Balaban J connectivity index is 1.71. The highest BCUT2D eigenvalue weighted by atomic mass is 16.5. The summed E-state index contributed by atoms with van der Waals surface area (Å²) in [6.07, 6.45) is 3.50. The van der Waals surface area contributed by atoms with E-state index < -0.39 is 0 Å². The van der Waals surface area contributed by atoms with E-state index in [1.54, 1.807) is 7.11 Å². The summed E-state index contributed by atoms with van der Waals surface area (Å²) < 4.78 is 17.4. The van der Waals surface area contributed by atoms with Gasteiger partial charge in [-0.1, -0.05) is 12.1 Å². The molecule has 2 aliphatic heterocycles. The summed E-state index contributed by atoms with van der Waals surface area (Å²) in [5.41, 5.74) is 1.48. The van der Waals surface area contributed by atoms with Crippen molar-refractivity contribution in [1.29, 1.82) is 0 Å². The van der Waals surface area contributed by atoms with E-state index in [0.717, 1.165) is 67.0 Å². The lowest BCUT2D eigenvalue weighted by Crippen LogP contribution is -2.38. The molecule has 30 heavy (non-hydrogen) atoms. The van der Waals surface area contributed by atoms with Gasteiger partial charge in [0.2, 0.25) is 5.88 Å². The molecule has 3 aromatic rings. The fourth-order valence-electron chi connectivity index (χ4n) is 4.61. The molecule has 6 nitrogen and oxygen atoms in total. The Kier molecular flexibility index (Phi) is 5.35. The number of hydrogen-bond acceptors (Lipinski definition) is 6. The Labute approximate surface area is 176 Å². The van der Waals surface area contributed by atoms with Crippen LogP contribution < -0.4 is 15.1 Å². The fraction of sp³-hybridized carbons (Fsp3) is 0.458. The maximum absolute atomic E-state index is 13.9. The van der Waals surface area contributed by atoms with E-state index in [0.29, 0.717) is 30.7 Å². The molecule has 1 aromatic heterocycles. The number of ether oxygens (including phenoxy) is 2. The zero-order valence-electron chi connectivity index (χ0n) is 17.5. The molecule has 2 fully saturated rings. The molecule has 5 rings (SSSR count). The van der Waals surface area contributed by atoms with E-state index in [9.17, 15) is 4.79 Å². The van der Waals surface area contributed by atoms with Gasteiger partial charge in [-0.15, -0.1) is 0 Å². The SMILES string of the molecule is COc1ccc2ccc3oc(N4CCCCC4)c(CN4CCOCC4)c(=O)c3c2c1. The summed E-state index contributed by atoms with van der Waals surface area (Å²) in [4.78, 5) is 18.4. The van der Waals surface area contributed by atoms with Gasteiger partial charge in [0.25, 0.3) is 0 Å². The van der Waals surface area contributed by atoms with Crippen LogP contribution in [0.25, 0.3) is 21.7 Å². The molecule has 3 heterocycles. The van der Waals surface area contributed by atoms with Gasteiger partial charge >= 0.3 is 0 Å². The average Bonchev–Trinajstić information content (AvgIpc) is 2.81. The number of hydrogen-bond donors (Lipinski definition) is 0. The zero-order chi connectivity index (χ0) is 20.5. The normalized spacial score (nSPS) is 18.2. The van der Waals surface area contributed by atoms with Crippen LogP contribution >= 0.6 is 0 Å². The van der Waals surface area contributed by atoms with Gasteiger partial charge in [-0.3, -0.25) is 9.69 Å². The zero-order valence-corrected chi connectivity index (χ0v) is 17.5. The van der Waals surface area contributed by atoms with Crippen LogP contribution in [0.4, 0.5) is 5.88 Å². The van der Waals surface area contributed by atoms with E-state index >= 15 is 0 Å². The van der Waals surface area contributed by atoms with Crippen LogP contribution in [0.2, 0.25) is 0 Å². The molecule has 0 amide bonds. The number of methoxy groups -OCH3 is 1. The van der Waals surface area contributed by atoms with Gasteiger partial charge in [0.15, 0.2) is 5.43 Å². The summed E-state index contributed by atoms with van der Waals surface area (Å²) in [7, 11) is 1.65. The van der Waals surface area contributed by atoms with Crippen molar-refractivity contribution in [2.24, 2.45) is 0 Å². The minimum Gasteiger partial charge on any atom is -0.497 e. The summed E-state index contributed by atoms with van der Waals surface area (Å²) in [5, 5.41) is 2.54. The molecular weight excluding hydrogens is 380 g/mol. The van der Waals surface area contributed by atoms with E-state index in [1.807, 2.05) is 30.3 Å². The third kappa shape index (κ3) is 3.55. The van der Waals surface area contributed by atoms with Crippen LogP contribution in [0.15, 0.2) is 39.5 Å². The van der Waals surface area contributed by atoms with Gasteiger partial charge < -0.3 is 18.8 Å². The van der Waals surface area contributed by atoms with Gasteiger partial charge in [-0.2, -0.15) is 0 Å². The second kappa shape index (κ2) is 8.28. The van der Waals surface area contributed by atoms with Crippen molar-refractivity contribution < 1.29 is 13.9 Å². The van der Waals surface area contributed by atoms with Crippen LogP contribution in [-0.4, -0.2) is 51.4 Å². The molecule has 0 aliphatic carbocycles. The van der Waals surface area contributed by atoms with Crippen molar-refractivity contribution in [3.8, 4) is 5.75 Å². The maximum Gasteiger partial charge on any atom is 0.204 e. The van der Waals surface area contributed by atoms with Crippen molar-refractivity contribution in [3.63, 3.8) is 0 Å². The summed E-state index contributed by atoms with van der Waals surface area (Å²) in [5.74, 6) is 1.49. The van der Waals surface area contributed by atoms with Crippen molar-refractivity contribution in [2.75, 3.05) is 51.4 Å². The molecule has 0 saturated carbocycles. The van der Waals surface area contributed by atoms with Crippen LogP contribution in [0.5, 0.6) is 5.75 Å². The molecule has 0 atom stereocenters. The predicted octanol–water partition coefficient (Wildman–Crippen LogP) is 3.78. The van der Waals surface area contributed by atoms with Gasteiger partial charge in [0.1, 0.15) is 11.3 Å². The first-order valence-corrected chi connectivity index (χ1v) is 10.9. The molecule has 0 radical (unpaired) electrons. The number of anilines is 1. The van der Waals surface area contributed by atoms with Crippen LogP contribution in [0.1, 0.15) is 24.8 Å². The second-order valence-electron chi connectivity index (χ2n) is 8.18. The smallest absolute Gasteiger partial charge is 0.204 e. The highest BCUT2D eigenvalue weighted by Crippen LogP contribution is 2.32.